The Bertz CT molecular complexity index is 510. The number of likely N-dealkylation sites (tertiary alicyclic amines) is 1. The minimum Gasteiger partial charge on any atom is -0.466 e. The quantitative estimate of drug-likeness (QED) is 0.286. The van der Waals surface area contributed by atoms with Gasteiger partial charge in [-0.1, -0.05) is 19.3 Å². The van der Waals surface area contributed by atoms with E-state index in [9.17, 15) is 9.59 Å². The maximum Gasteiger partial charge on any atom is 0.309 e. The van der Waals surface area contributed by atoms with Gasteiger partial charge in [0.15, 0.2) is 5.96 Å². The largest absolute Gasteiger partial charge is 0.466 e. The van der Waals surface area contributed by atoms with E-state index in [-0.39, 0.29) is 17.8 Å². The SMILES string of the molecule is CCNC(=NCCNC(=O)CC1CCCCC1)N1CCC(C(=O)OCC)CC1. The van der Waals surface area contributed by atoms with Crippen LogP contribution in [-0.2, 0) is 14.3 Å². The van der Waals surface area contributed by atoms with Gasteiger partial charge in [0.1, 0.15) is 0 Å². The van der Waals surface area contributed by atoms with Crippen LogP contribution in [0.2, 0.25) is 0 Å². The molecule has 7 nitrogen and oxygen atoms in total. The Morgan fingerprint density at radius 1 is 1.04 bits per heavy atom. The molecule has 0 aromatic carbocycles. The molecule has 28 heavy (non-hydrogen) atoms. The molecule has 7 heteroatoms. The molecule has 0 aromatic heterocycles. The standard InChI is InChI=1S/C21H38N4O3/c1-3-22-21(25-14-10-18(11-15-25)20(27)28-4-2)24-13-12-23-19(26)16-17-8-6-5-7-9-17/h17-18H,3-16H2,1-2H3,(H,22,24)(H,23,26). The number of amides is 1. The first-order chi connectivity index (χ1) is 13.6. The molecule has 160 valence electrons. The molecule has 0 spiro atoms. The van der Waals surface area contributed by atoms with Crippen LogP contribution in [0.15, 0.2) is 4.99 Å². The van der Waals surface area contributed by atoms with E-state index in [0.29, 0.717) is 32.0 Å². The molecule has 1 saturated heterocycles. The summed E-state index contributed by atoms with van der Waals surface area (Å²) in [5, 5.41) is 6.34. The van der Waals surface area contributed by atoms with Crippen molar-refractivity contribution in [1.29, 1.82) is 0 Å². The maximum absolute atomic E-state index is 12.1. The summed E-state index contributed by atoms with van der Waals surface area (Å²) in [6, 6.07) is 0. The highest BCUT2D eigenvalue weighted by Crippen LogP contribution is 2.26. The van der Waals surface area contributed by atoms with Gasteiger partial charge in [-0.15, -0.1) is 0 Å². The van der Waals surface area contributed by atoms with Crippen molar-refractivity contribution >= 4 is 17.8 Å². The molecule has 1 aliphatic heterocycles. The van der Waals surface area contributed by atoms with Crippen molar-refractivity contribution < 1.29 is 14.3 Å². The summed E-state index contributed by atoms with van der Waals surface area (Å²) in [5.41, 5.74) is 0. The maximum atomic E-state index is 12.1. The minimum atomic E-state index is -0.0789. The monoisotopic (exact) mass is 394 g/mol. The lowest BCUT2D eigenvalue weighted by Gasteiger charge is -2.33. The molecule has 0 unspecified atom stereocenters. The first-order valence-electron chi connectivity index (χ1n) is 11.1. The Morgan fingerprint density at radius 3 is 2.39 bits per heavy atom. The summed E-state index contributed by atoms with van der Waals surface area (Å²) < 4.78 is 5.14. The van der Waals surface area contributed by atoms with Gasteiger partial charge in [0.05, 0.1) is 19.1 Å². The normalized spacial score (nSPS) is 19.4. The van der Waals surface area contributed by atoms with Gasteiger partial charge in [-0.25, -0.2) is 0 Å². The average molecular weight is 395 g/mol. The van der Waals surface area contributed by atoms with Crippen molar-refractivity contribution in [1.82, 2.24) is 15.5 Å². The zero-order valence-electron chi connectivity index (χ0n) is 17.7. The molecule has 2 N–H and O–H groups in total. The zero-order chi connectivity index (χ0) is 20.2. The van der Waals surface area contributed by atoms with E-state index in [1.54, 1.807) is 0 Å². The minimum absolute atomic E-state index is 0.00171. The fourth-order valence-corrected chi connectivity index (χ4v) is 4.10. The van der Waals surface area contributed by atoms with Crippen LogP contribution in [0.4, 0.5) is 0 Å². The number of aliphatic imine (C=N–C) groups is 1. The van der Waals surface area contributed by atoms with Gasteiger partial charge in [-0.2, -0.15) is 0 Å². The molecule has 1 aliphatic carbocycles. The van der Waals surface area contributed by atoms with Crippen molar-refractivity contribution in [3.05, 3.63) is 0 Å². The number of nitrogens with one attached hydrogen (secondary N) is 2. The highest BCUT2D eigenvalue weighted by molar-refractivity contribution is 5.81. The van der Waals surface area contributed by atoms with Crippen LogP contribution in [0.3, 0.4) is 0 Å². The average Bonchev–Trinajstić information content (AvgIpc) is 2.71. The molecule has 0 atom stereocenters. The molecule has 0 aromatic rings. The zero-order valence-corrected chi connectivity index (χ0v) is 17.7. The van der Waals surface area contributed by atoms with E-state index in [2.05, 4.69) is 20.5 Å². The molecule has 0 radical (unpaired) electrons. The van der Waals surface area contributed by atoms with Gasteiger partial charge in [0, 0.05) is 32.6 Å². The Morgan fingerprint density at radius 2 is 1.75 bits per heavy atom. The number of nitrogens with zero attached hydrogens (tertiary/aromatic N) is 2. The number of hydrogen-bond donors (Lipinski definition) is 2. The van der Waals surface area contributed by atoms with Gasteiger partial charge < -0.3 is 20.3 Å². The lowest BCUT2D eigenvalue weighted by molar-refractivity contribution is -0.149. The predicted molar refractivity (Wildman–Crippen MR) is 111 cm³/mol. The van der Waals surface area contributed by atoms with Crippen LogP contribution < -0.4 is 10.6 Å². The third-order valence-electron chi connectivity index (χ3n) is 5.64. The molecule has 0 bridgehead atoms. The molecule has 2 rings (SSSR count). The van der Waals surface area contributed by atoms with Crippen molar-refractivity contribution in [3.63, 3.8) is 0 Å². The number of carbonyl (C=O) groups is 2. The second kappa shape index (κ2) is 12.6. The second-order valence-corrected chi connectivity index (χ2v) is 7.81. The van der Waals surface area contributed by atoms with Crippen LogP contribution >= 0.6 is 0 Å². The summed E-state index contributed by atoms with van der Waals surface area (Å²) in [4.78, 5) is 30.9. The summed E-state index contributed by atoms with van der Waals surface area (Å²) in [5.74, 6) is 1.51. The van der Waals surface area contributed by atoms with Crippen molar-refractivity contribution in [2.24, 2.45) is 16.8 Å². The predicted octanol–water partition coefficient (Wildman–Crippen LogP) is 2.31. The van der Waals surface area contributed by atoms with Crippen molar-refractivity contribution in [3.8, 4) is 0 Å². The van der Waals surface area contributed by atoms with Crippen LogP contribution in [-0.4, -0.2) is 62.1 Å². The number of hydrogen-bond acceptors (Lipinski definition) is 4. The third kappa shape index (κ3) is 7.68. The lowest BCUT2D eigenvalue weighted by atomic mass is 9.87. The first-order valence-corrected chi connectivity index (χ1v) is 11.1. The number of rotatable bonds is 8. The number of piperidine rings is 1. The number of ether oxygens (including phenoxy) is 1. The first kappa shape index (κ1) is 22.5. The number of guanidine groups is 1. The Balaban J connectivity index is 1.71. The third-order valence-corrected chi connectivity index (χ3v) is 5.64. The molecular weight excluding hydrogens is 356 g/mol. The lowest BCUT2D eigenvalue weighted by Crippen LogP contribution is -2.47. The summed E-state index contributed by atoms with van der Waals surface area (Å²) >= 11 is 0. The van der Waals surface area contributed by atoms with Crippen LogP contribution in [0.1, 0.15) is 65.2 Å². The van der Waals surface area contributed by atoms with E-state index in [4.69, 9.17) is 4.74 Å². The van der Waals surface area contributed by atoms with Gasteiger partial charge in [-0.05, 0) is 45.4 Å². The molecule has 1 saturated carbocycles. The molecule has 1 heterocycles. The van der Waals surface area contributed by atoms with Crippen LogP contribution in [0, 0.1) is 11.8 Å². The van der Waals surface area contributed by atoms with E-state index < -0.39 is 0 Å². The van der Waals surface area contributed by atoms with Crippen molar-refractivity contribution in [2.75, 3.05) is 39.3 Å². The van der Waals surface area contributed by atoms with E-state index in [1.165, 1.54) is 32.1 Å². The topological polar surface area (TPSA) is 83.0 Å². The molecule has 2 fully saturated rings. The fourth-order valence-electron chi connectivity index (χ4n) is 4.10. The summed E-state index contributed by atoms with van der Waals surface area (Å²) in [6.45, 7) is 7.85. The number of carbonyl (C=O) groups excluding carboxylic acids is 2. The van der Waals surface area contributed by atoms with Crippen LogP contribution in [0.5, 0.6) is 0 Å². The van der Waals surface area contributed by atoms with Gasteiger partial charge in [-0.3, -0.25) is 14.6 Å². The number of esters is 1. The molecule has 1 amide bonds. The summed E-state index contributed by atoms with van der Waals surface area (Å²) in [6.07, 6.45) is 8.48. The van der Waals surface area contributed by atoms with Gasteiger partial charge in [0.2, 0.25) is 5.91 Å². The Kier molecular flexibility index (Phi) is 10.1. The smallest absolute Gasteiger partial charge is 0.309 e. The van der Waals surface area contributed by atoms with E-state index in [1.807, 2.05) is 13.8 Å². The molecule has 2 aliphatic rings. The summed E-state index contributed by atoms with van der Waals surface area (Å²) in [7, 11) is 0. The van der Waals surface area contributed by atoms with Gasteiger partial charge >= 0.3 is 5.97 Å². The van der Waals surface area contributed by atoms with Crippen molar-refractivity contribution in [2.45, 2.75) is 65.2 Å². The Hall–Kier alpha value is -1.79. The molecular formula is C21H38N4O3. The fraction of sp³-hybridized carbons (Fsp3) is 0.857. The van der Waals surface area contributed by atoms with Gasteiger partial charge in [0.25, 0.3) is 0 Å². The van der Waals surface area contributed by atoms with E-state index in [0.717, 1.165) is 38.4 Å². The Labute approximate surface area is 169 Å². The van der Waals surface area contributed by atoms with E-state index >= 15 is 0 Å². The van der Waals surface area contributed by atoms with Crippen LogP contribution in [0.25, 0.3) is 0 Å². The second-order valence-electron chi connectivity index (χ2n) is 7.81. The highest BCUT2D eigenvalue weighted by atomic mass is 16.5. The highest BCUT2D eigenvalue weighted by Gasteiger charge is 2.27.